The molecule has 1 atom stereocenters. The lowest BCUT2D eigenvalue weighted by molar-refractivity contribution is 0.161. The molecule has 0 aliphatic carbocycles. The Labute approximate surface area is 147 Å². The van der Waals surface area contributed by atoms with E-state index in [9.17, 15) is 0 Å². The molecule has 21 heavy (non-hydrogen) atoms. The highest BCUT2D eigenvalue weighted by Crippen LogP contribution is 2.16. The van der Waals surface area contributed by atoms with E-state index in [1.54, 1.807) is 7.11 Å². The van der Waals surface area contributed by atoms with Gasteiger partial charge in [0.2, 0.25) is 0 Å². The lowest BCUT2D eigenvalue weighted by Crippen LogP contribution is -2.43. The number of piperidine rings is 1. The Hall–Kier alpha value is -0.0800. The quantitative estimate of drug-likeness (QED) is 0.277. The first kappa shape index (κ1) is 20.9. The molecule has 1 unspecified atom stereocenters. The number of nitrogens with one attached hydrogen (secondary N) is 2. The third kappa shape index (κ3) is 8.83. The molecule has 0 aromatic rings. The van der Waals surface area contributed by atoms with Crippen LogP contribution < -0.4 is 10.6 Å². The summed E-state index contributed by atoms with van der Waals surface area (Å²) in [6, 6.07) is 0.614. The van der Waals surface area contributed by atoms with Crippen molar-refractivity contribution >= 4 is 29.9 Å². The number of likely N-dealkylation sites (tertiary alicyclic amines) is 1. The molecule has 1 fully saturated rings. The van der Waals surface area contributed by atoms with E-state index in [-0.39, 0.29) is 24.0 Å². The highest BCUT2D eigenvalue weighted by molar-refractivity contribution is 14.0. The predicted octanol–water partition coefficient (Wildman–Crippen LogP) is 2.07. The molecule has 1 saturated heterocycles. The third-order valence-corrected chi connectivity index (χ3v) is 3.78. The maximum Gasteiger partial charge on any atom is 0.191 e. The zero-order valence-electron chi connectivity index (χ0n) is 13.9. The fraction of sp³-hybridized carbons (Fsp3) is 0.933. The summed E-state index contributed by atoms with van der Waals surface area (Å²) < 4.78 is 5.06. The molecule has 1 heterocycles. The van der Waals surface area contributed by atoms with Crippen molar-refractivity contribution in [1.82, 2.24) is 15.5 Å². The highest BCUT2D eigenvalue weighted by atomic mass is 127. The van der Waals surface area contributed by atoms with E-state index in [1.807, 2.05) is 0 Å². The minimum absolute atomic E-state index is 0. The van der Waals surface area contributed by atoms with Crippen molar-refractivity contribution in [2.24, 2.45) is 4.99 Å². The zero-order chi connectivity index (χ0) is 14.6. The lowest BCUT2D eigenvalue weighted by Gasteiger charge is -2.33. The second-order valence-corrected chi connectivity index (χ2v) is 5.27. The molecule has 0 aromatic carbocycles. The molecule has 2 N–H and O–H groups in total. The maximum atomic E-state index is 5.06. The number of halogens is 1. The smallest absolute Gasteiger partial charge is 0.191 e. The van der Waals surface area contributed by atoms with Crippen molar-refractivity contribution < 1.29 is 4.74 Å². The largest absolute Gasteiger partial charge is 0.385 e. The van der Waals surface area contributed by atoms with E-state index < -0.39 is 0 Å². The first-order valence-electron chi connectivity index (χ1n) is 8.07. The van der Waals surface area contributed by atoms with Crippen molar-refractivity contribution in [3.05, 3.63) is 0 Å². The molecule has 0 spiro atoms. The van der Waals surface area contributed by atoms with Crippen LogP contribution in [-0.4, -0.2) is 63.3 Å². The number of hydrogen-bond donors (Lipinski definition) is 2. The monoisotopic (exact) mass is 412 g/mol. The molecule has 126 valence electrons. The van der Waals surface area contributed by atoms with E-state index in [0.717, 1.165) is 45.2 Å². The SMILES string of the molecule is CCNC(=NCC1CCCCN1CC)NCCCOC.I. The summed E-state index contributed by atoms with van der Waals surface area (Å²) >= 11 is 0. The van der Waals surface area contributed by atoms with Gasteiger partial charge >= 0.3 is 0 Å². The van der Waals surface area contributed by atoms with Gasteiger partial charge in [-0.05, 0) is 39.3 Å². The van der Waals surface area contributed by atoms with Gasteiger partial charge < -0.3 is 15.4 Å². The number of aliphatic imine (C=N–C) groups is 1. The van der Waals surface area contributed by atoms with Gasteiger partial charge in [0, 0.05) is 32.8 Å². The maximum absolute atomic E-state index is 5.06. The summed E-state index contributed by atoms with van der Waals surface area (Å²) in [4.78, 5) is 7.30. The Bertz CT molecular complexity index is 276. The molecule has 0 aromatic heterocycles. The van der Waals surface area contributed by atoms with Gasteiger partial charge in [0.05, 0.1) is 6.54 Å². The minimum atomic E-state index is 0. The van der Waals surface area contributed by atoms with E-state index in [2.05, 4.69) is 29.4 Å². The molecule has 0 bridgehead atoms. The minimum Gasteiger partial charge on any atom is -0.385 e. The molecule has 1 aliphatic rings. The van der Waals surface area contributed by atoms with Crippen LogP contribution in [-0.2, 0) is 4.74 Å². The number of likely N-dealkylation sites (N-methyl/N-ethyl adjacent to an activating group) is 1. The van der Waals surface area contributed by atoms with Crippen LogP contribution in [0.5, 0.6) is 0 Å². The van der Waals surface area contributed by atoms with Crippen molar-refractivity contribution in [2.45, 2.75) is 45.6 Å². The van der Waals surface area contributed by atoms with Crippen LogP contribution in [0, 0.1) is 0 Å². The summed E-state index contributed by atoms with van der Waals surface area (Å²) in [6.45, 7) is 10.2. The third-order valence-electron chi connectivity index (χ3n) is 3.78. The van der Waals surface area contributed by atoms with Crippen LogP contribution in [0.2, 0.25) is 0 Å². The molecule has 0 saturated carbocycles. The molecule has 0 amide bonds. The second-order valence-electron chi connectivity index (χ2n) is 5.27. The van der Waals surface area contributed by atoms with E-state index in [0.29, 0.717) is 6.04 Å². The number of hydrogen-bond acceptors (Lipinski definition) is 3. The Kier molecular flexibility index (Phi) is 13.5. The number of methoxy groups -OCH3 is 1. The fourth-order valence-corrected chi connectivity index (χ4v) is 2.64. The van der Waals surface area contributed by atoms with Crippen molar-refractivity contribution in [3.63, 3.8) is 0 Å². The first-order valence-corrected chi connectivity index (χ1v) is 8.07. The van der Waals surface area contributed by atoms with Crippen LogP contribution >= 0.6 is 24.0 Å². The lowest BCUT2D eigenvalue weighted by atomic mass is 10.0. The average molecular weight is 412 g/mol. The molecule has 6 heteroatoms. The van der Waals surface area contributed by atoms with Gasteiger partial charge in [0.1, 0.15) is 0 Å². The standard InChI is InChI=1S/C15H32N4O.HI/c1-4-16-15(17-10-8-12-20-3)18-13-14-9-6-7-11-19(14)5-2;/h14H,4-13H2,1-3H3,(H2,16,17,18);1H. The van der Waals surface area contributed by atoms with Gasteiger partial charge in [0.15, 0.2) is 5.96 Å². The molecular weight excluding hydrogens is 379 g/mol. The molecular formula is C15H33IN4O. The second kappa shape index (κ2) is 13.6. The van der Waals surface area contributed by atoms with Crippen LogP contribution in [0.15, 0.2) is 4.99 Å². The topological polar surface area (TPSA) is 48.9 Å². The van der Waals surface area contributed by atoms with Crippen LogP contribution in [0.4, 0.5) is 0 Å². The van der Waals surface area contributed by atoms with Gasteiger partial charge in [0.25, 0.3) is 0 Å². The van der Waals surface area contributed by atoms with Gasteiger partial charge in [-0.25, -0.2) is 0 Å². The van der Waals surface area contributed by atoms with Gasteiger partial charge in [-0.15, -0.1) is 24.0 Å². The first-order chi connectivity index (χ1) is 9.81. The number of nitrogens with zero attached hydrogens (tertiary/aromatic N) is 2. The zero-order valence-corrected chi connectivity index (χ0v) is 16.2. The van der Waals surface area contributed by atoms with E-state index in [1.165, 1.54) is 25.8 Å². The van der Waals surface area contributed by atoms with Crippen LogP contribution in [0.3, 0.4) is 0 Å². The Morgan fingerprint density at radius 1 is 1.29 bits per heavy atom. The molecule has 1 rings (SSSR count). The summed E-state index contributed by atoms with van der Waals surface area (Å²) in [5, 5.41) is 6.68. The summed E-state index contributed by atoms with van der Waals surface area (Å²) in [5.74, 6) is 0.935. The van der Waals surface area contributed by atoms with Gasteiger partial charge in [-0.1, -0.05) is 13.3 Å². The van der Waals surface area contributed by atoms with E-state index >= 15 is 0 Å². The summed E-state index contributed by atoms with van der Waals surface area (Å²) in [7, 11) is 1.74. The van der Waals surface area contributed by atoms with Gasteiger partial charge in [-0.3, -0.25) is 9.89 Å². The van der Waals surface area contributed by atoms with Crippen molar-refractivity contribution in [1.29, 1.82) is 0 Å². The van der Waals surface area contributed by atoms with E-state index in [4.69, 9.17) is 9.73 Å². The molecule has 5 nitrogen and oxygen atoms in total. The fourth-order valence-electron chi connectivity index (χ4n) is 2.64. The Morgan fingerprint density at radius 3 is 2.76 bits per heavy atom. The van der Waals surface area contributed by atoms with Crippen LogP contribution in [0.25, 0.3) is 0 Å². The Morgan fingerprint density at radius 2 is 2.10 bits per heavy atom. The Balaban J connectivity index is 0.00000400. The highest BCUT2D eigenvalue weighted by Gasteiger charge is 2.20. The number of guanidine groups is 1. The summed E-state index contributed by atoms with van der Waals surface area (Å²) in [6.07, 6.45) is 4.96. The molecule has 1 aliphatic heterocycles. The molecule has 0 radical (unpaired) electrons. The number of rotatable bonds is 8. The van der Waals surface area contributed by atoms with Crippen molar-refractivity contribution in [3.8, 4) is 0 Å². The van der Waals surface area contributed by atoms with Crippen LogP contribution in [0.1, 0.15) is 39.5 Å². The predicted molar refractivity (Wildman–Crippen MR) is 101 cm³/mol. The average Bonchev–Trinajstić information content (AvgIpc) is 2.49. The van der Waals surface area contributed by atoms with Gasteiger partial charge in [-0.2, -0.15) is 0 Å². The van der Waals surface area contributed by atoms with Crippen molar-refractivity contribution in [2.75, 3.05) is 46.4 Å². The normalized spacial score (nSPS) is 20.0. The summed E-state index contributed by atoms with van der Waals surface area (Å²) in [5.41, 5.74) is 0. The number of ether oxygens (including phenoxy) is 1.